The standard InChI is InChI=1S/C20H28N4O/c1-5-6-7-12-21-19(25)17-13-18(23-14-22-17)24-16-10-8-15(9-11-16)20(2,3)4/h8-11,13-14H,5-7,12H2,1-4H3,(H,21,25)(H,22,23,24). The molecule has 5 heteroatoms. The zero-order valence-electron chi connectivity index (χ0n) is 15.6. The van der Waals surface area contributed by atoms with E-state index in [0.29, 0.717) is 18.1 Å². The van der Waals surface area contributed by atoms with Crippen LogP contribution in [0, 0.1) is 0 Å². The quantitative estimate of drug-likeness (QED) is 0.731. The third kappa shape index (κ3) is 5.85. The highest BCUT2D eigenvalue weighted by Crippen LogP contribution is 2.24. The van der Waals surface area contributed by atoms with Gasteiger partial charge in [0.25, 0.3) is 5.91 Å². The van der Waals surface area contributed by atoms with Crippen LogP contribution < -0.4 is 10.6 Å². The maximum Gasteiger partial charge on any atom is 0.270 e. The summed E-state index contributed by atoms with van der Waals surface area (Å²) in [4.78, 5) is 20.4. The Morgan fingerprint density at radius 1 is 1.08 bits per heavy atom. The minimum Gasteiger partial charge on any atom is -0.351 e. The number of benzene rings is 1. The molecule has 0 aliphatic rings. The van der Waals surface area contributed by atoms with Gasteiger partial charge in [0.1, 0.15) is 17.8 Å². The number of nitrogens with one attached hydrogen (secondary N) is 2. The van der Waals surface area contributed by atoms with Crippen LogP contribution in [0.25, 0.3) is 0 Å². The fraction of sp³-hybridized carbons (Fsp3) is 0.450. The number of carbonyl (C=O) groups is 1. The number of carbonyl (C=O) groups excluding carboxylic acids is 1. The maximum absolute atomic E-state index is 12.1. The lowest BCUT2D eigenvalue weighted by Gasteiger charge is -2.19. The lowest BCUT2D eigenvalue weighted by Crippen LogP contribution is -2.25. The Balaban J connectivity index is 2.00. The van der Waals surface area contributed by atoms with Gasteiger partial charge < -0.3 is 10.6 Å². The van der Waals surface area contributed by atoms with Crippen LogP contribution in [0.5, 0.6) is 0 Å². The first-order valence-electron chi connectivity index (χ1n) is 8.88. The SMILES string of the molecule is CCCCCNC(=O)c1cc(Nc2ccc(C(C)(C)C)cc2)ncn1. The predicted octanol–water partition coefficient (Wildman–Crippen LogP) is 4.44. The van der Waals surface area contributed by atoms with E-state index in [1.807, 2.05) is 12.1 Å². The van der Waals surface area contributed by atoms with Crippen molar-refractivity contribution in [2.75, 3.05) is 11.9 Å². The first-order valence-corrected chi connectivity index (χ1v) is 8.88. The van der Waals surface area contributed by atoms with E-state index in [1.54, 1.807) is 6.07 Å². The minimum absolute atomic E-state index is 0.122. The van der Waals surface area contributed by atoms with Crippen molar-refractivity contribution in [2.45, 2.75) is 52.4 Å². The van der Waals surface area contributed by atoms with Crippen LogP contribution in [0.4, 0.5) is 11.5 Å². The van der Waals surface area contributed by atoms with E-state index in [1.165, 1.54) is 11.9 Å². The third-order valence-electron chi connectivity index (χ3n) is 3.99. The second-order valence-corrected chi connectivity index (χ2v) is 7.20. The zero-order chi connectivity index (χ0) is 18.3. The summed E-state index contributed by atoms with van der Waals surface area (Å²) in [6.45, 7) is 9.37. The van der Waals surface area contributed by atoms with E-state index in [-0.39, 0.29) is 11.3 Å². The summed E-state index contributed by atoms with van der Waals surface area (Å²) >= 11 is 0. The summed E-state index contributed by atoms with van der Waals surface area (Å²) < 4.78 is 0. The molecule has 0 atom stereocenters. The fourth-order valence-electron chi connectivity index (χ4n) is 2.42. The number of nitrogens with zero attached hydrogens (tertiary/aromatic N) is 2. The molecule has 2 aromatic rings. The highest BCUT2D eigenvalue weighted by Gasteiger charge is 2.13. The molecule has 1 amide bonds. The van der Waals surface area contributed by atoms with Crippen molar-refractivity contribution in [2.24, 2.45) is 0 Å². The van der Waals surface area contributed by atoms with Crippen molar-refractivity contribution in [3.05, 3.63) is 47.9 Å². The Morgan fingerprint density at radius 2 is 1.80 bits per heavy atom. The van der Waals surface area contributed by atoms with Gasteiger partial charge in [-0.2, -0.15) is 0 Å². The molecule has 0 unspecified atom stereocenters. The second-order valence-electron chi connectivity index (χ2n) is 7.20. The number of aromatic nitrogens is 2. The van der Waals surface area contributed by atoms with Crippen molar-refractivity contribution in [3.63, 3.8) is 0 Å². The molecular formula is C20H28N4O. The molecule has 0 spiro atoms. The molecule has 2 N–H and O–H groups in total. The monoisotopic (exact) mass is 340 g/mol. The zero-order valence-corrected chi connectivity index (χ0v) is 15.6. The molecule has 0 radical (unpaired) electrons. The molecule has 25 heavy (non-hydrogen) atoms. The lowest BCUT2D eigenvalue weighted by atomic mass is 9.87. The van der Waals surface area contributed by atoms with Crippen molar-refractivity contribution in [1.82, 2.24) is 15.3 Å². The van der Waals surface area contributed by atoms with E-state index in [0.717, 1.165) is 24.9 Å². The van der Waals surface area contributed by atoms with E-state index in [4.69, 9.17) is 0 Å². The Bertz CT molecular complexity index is 690. The van der Waals surface area contributed by atoms with Crippen LogP contribution in [0.1, 0.15) is 63.0 Å². The summed E-state index contributed by atoms with van der Waals surface area (Å²) in [7, 11) is 0. The van der Waals surface area contributed by atoms with E-state index in [9.17, 15) is 4.79 Å². The smallest absolute Gasteiger partial charge is 0.270 e. The van der Waals surface area contributed by atoms with Gasteiger partial charge in [-0.15, -0.1) is 0 Å². The average Bonchev–Trinajstić information content (AvgIpc) is 2.58. The second kappa shape index (κ2) is 8.60. The number of amides is 1. The summed E-state index contributed by atoms with van der Waals surface area (Å²) in [5, 5.41) is 6.12. The molecule has 0 bridgehead atoms. The van der Waals surface area contributed by atoms with Gasteiger partial charge >= 0.3 is 0 Å². The van der Waals surface area contributed by atoms with E-state index in [2.05, 4.69) is 60.4 Å². The number of rotatable bonds is 7. The van der Waals surface area contributed by atoms with Gasteiger partial charge in [-0.25, -0.2) is 9.97 Å². The van der Waals surface area contributed by atoms with Gasteiger partial charge in [0, 0.05) is 18.3 Å². The van der Waals surface area contributed by atoms with Gasteiger partial charge in [0.15, 0.2) is 0 Å². The largest absolute Gasteiger partial charge is 0.351 e. The summed E-state index contributed by atoms with van der Waals surface area (Å²) in [5.74, 6) is 0.446. The van der Waals surface area contributed by atoms with Crippen molar-refractivity contribution < 1.29 is 4.79 Å². The Kier molecular flexibility index (Phi) is 6.51. The minimum atomic E-state index is -0.162. The van der Waals surface area contributed by atoms with Crippen LogP contribution in [-0.2, 0) is 5.41 Å². The molecule has 0 saturated carbocycles. The first kappa shape index (κ1) is 18.9. The van der Waals surface area contributed by atoms with Crippen LogP contribution in [-0.4, -0.2) is 22.4 Å². The molecule has 0 fully saturated rings. The van der Waals surface area contributed by atoms with Crippen LogP contribution >= 0.6 is 0 Å². The molecule has 1 heterocycles. The molecule has 2 rings (SSSR count). The molecule has 5 nitrogen and oxygen atoms in total. The van der Waals surface area contributed by atoms with E-state index >= 15 is 0 Å². The number of hydrogen-bond donors (Lipinski definition) is 2. The Morgan fingerprint density at radius 3 is 2.44 bits per heavy atom. The molecule has 0 saturated heterocycles. The molecule has 134 valence electrons. The van der Waals surface area contributed by atoms with Gasteiger partial charge in [-0.3, -0.25) is 4.79 Å². The van der Waals surface area contributed by atoms with Crippen LogP contribution in [0.3, 0.4) is 0 Å². The topological polar surface area (TPSA) is 66.9 Å². The average molecular weight is 340 g/mol. The highest BCUT2D eigenvalue weighted by atomic mass is 16.1. The van der Waals surface area contributed by atoms with Gasteiger partial charge in [0.2, 0.25) is 0 Å². The van der Waals surface area contributed by atoms with Crippen molar-refractivity contribution in [1.29, 1.82) is 0 Å². The Hall–Kier alpha value is -2.43. The maximum atomic E-state index is 12.1. The third-order valence-corrected chi connectivity index (χ3v) is 3.99. The molecule has 1 aromatic carbocycles. The highest BCUT2D eigenvalue weighted by molar-refractivity contribution is 5.92. The molecule has 0 aliphatic carbocycles. The fourth-order valence-corrected chi connectivity index (χ4v) is 2.42. The number of hydrogen-bond acceptors (Lipinski definition) is 4. The lowest BCUT2D eigenvalue weighted by molar-refractivity contribution is 0.0948. The van der Waals surface area contributed by atoms with Crippen LogP contribution in [0.2, 0.25) is 0 Å². The van der Waals surface area contributed by atoms with Gasteiger partial charge in [0.05, 0.1) is 0 Å². The predicted molar refractivity (Wildman–Crippen MR) is 102 cm³/mol. The molecular weight excluding hydrogens is 312 g/mol. The van der Waals surface area contributed by atoms with E-state index < -0.39 is 0 Å². The van der Waals surface area contributed by atoms with Crippen molar-refractivity contribution >= 4 is 17.4 Å². The summed E-state index contributed by atoms with van der Waals surface area (Å²) in [6, 6.07) is 9.92. The number of unbranched alkanes of at least 4 members (excludes halogenated alkanes) is 2. The summed E-state index contributed by atoms with van der Waals surface area (Å²) in [6.07, 6.45) is 4.64. The molecule has 0 aliphatic heterocycles. The van der Waals surface area contributed by atoms with Gasteiger partial charge in [-0.05, 0) is 29.5 Å². The normalized spacial score (nSPS) is 11.2. The van der Waals surface area contributed by atoms with Gasteiger partial charge in [-0.1, -0.05) is 52.7 Å². The first-order chi connectivity index (χ1) is 11.9. The van der Waals surface area contributed by atoms with Crippen LogP contribution in [0.15, 0.2) is 36.7 Å². The Labute approximate surface area is 150 Å². The van der Waals surface area contributed by atoms with Crippen molar-refractivity contribution in [3.8, 4) is 0 Å². The molecule has 1 aromatic heterocycles. The number of anilines is 2. The summed E-state index contributed by atoms with van der Waals surface area (Å²) in [5.41, 5.74) is 2.70.